The summed E-state index contributed by atoms with van der Waals surface area (Å²) in [5.74, 6) is -1.98. The van der Waals surface area contributed by atoms with E-state index in [2.05, 4.69) is 0 Å². The minimum atomic E-state index is -3.67. The Morgan fingerprint density at radius 2 is 1.78 bits per heavy atom. The van der Waals surface area contributed by atoms with E-state index in [1.807, 2.05) is 5.32 Å². The van der Waals surface area contributed by atoms with Crippen LogP contribution in [0.25, 0.3) is 0 Å². The van der Waals surface area contributed by atoms with E-state index in [1.54, 1.807) is 0 Å². The van der Waals surface area contributed by atoms with Crippen LogP contribution in [0.1, 0.15) is 19.8 Å². The van der Waals surface area contributed by atoms with Crippen LogP contribution in [-0.2, 0) is 24.3 Å². The molecule has 1 aromatic carbocycles. The van der Waals surface area contributed by atoms with Gasteiger partial charge in [-0.15, -0.1) is 0 Å². The van der Waals surface area contributed by atoms with Gasteiger partial charge in [0.25, 0.3) is 5.91 Å². The predicted molar refractivity (Wildman–Crippen MR) is 96.2 cm³/mol. The van der Waals surface area contributed by atoms with Crippen LogP contribution in [0.15, 0.2) is 29.2 Å². The number of nitrogens with one attached hydrogen (secondary N) is 1. The molecule has 148 valence electrons. The minimum Gasteiger partial charge on any atom is -0.452 e. The number of rotatable bonds is 5. The number of sulfonamides is 1. The molecule has 0 aromatic heterocycles. The van der Waals surface area contributed by atoms with Crippen LogP contribution in [0.4, 0.5) is 4.79 Å². The fourth-order valence-corrected chi connectivity index (χ4v) is 4.23. The molecule has 3 amide bonds. The lowest BCUT2D eigenvalue weighted by molar-refractivity contribution is -0.159. The van der Waals surface area contributed by atoms with E-state index < -0.39 is 40.0 Å². The van der Waals surface area contributed by atoms with Crippen molar-refractivity contribution >= 4 is 39.5 Å². The van der Waals surface area contributed by atoms with Crippen molar-refractivity contribution < 1.29 is 27.5 Å². The number of amides is 3. The van der Waals surface area contributed by atoms with E-state index in [4.69, 9.17) is 22.1 Å². The topological polar surface area (TPSA) is 136 Å². The molecule has 0 radical (unpaired) electrons. The smallest absolute Gasteiger partial charge is 0.318 e. The van der Waals surface area contributed by atoms with Crippen molar-refractivity contribution in [3.8, 4) is 0 Å². The van der Waals surface area contributed by atoms with Gasteiger partial charge in [0.1, 0.15) is 0 Å². The zero-order valence-electron chi connectivity index (χ0n) is 14.6. The zero-order chi connectivity index (χ0) is 20.2. The van der Waals surface area contributed by atoms with E-state index in [-0.39, 0.29) is 30.8 Å². The number of benzene rings is 1. The molecule has 11 heteroatoms. The van der Waals surface area contributed by atoms with Crippen molar-refractivity contribution in [2.45, 2.75) is 30.8 Å². The average molecular weight is 418 g/mol. The van der Waals surface area contributed by atoms with Crippen molar-refractivity contribution in [2.24, 2.45) is 11.7 Å². The Morgan fingerprint density at radius 1 is 1.22 bits per heavy atom. The van der Waals surface area contributed by atoms with E-state index in [1.165, 1.54) is 35.5 Å². The molecule has 1 saturated heterocycles. The number of imide groups is 1. The molecule has 0 saturated carbocycles. The number of urea groups is 1. The molecular formula is C16H20ClN3O6S. The number of halogens is 1. The second-order valence-electron chi connectivity index (χ2n) is 6.06. The van der Waals surface area contributed by atoms with Crippen molar-refractivity contribution in [3.05, 3.63) is 29.3 Å². The van der Waals surface area contributed by atoms with Gasteiger partial charge in [-0.05, 0) is 44.0 Å². The Kier molecular flexibility index (Phi) is 6.79. The lowest BCUT2D eigenvalue weighted by atomic mass is 9.98. The number of esters is 1. The number of ether oxygens (including phenoxy) is 1. The Balaban J connectivity index is 1.92. The van der Waals surface area contributed by atoms with Gasteiger partial charge in [-0.25, -0.2) is 13.2 Å². The number of hydrogen-bond acceptors (Lipinski definition) is 6. The largest absolute Gasteiger partial charge is 0.452 e. The van der Waals surface area contributed by atoms with Gasteiger partial charge in [0.05, 0.1) is 10.8 Å². The average Bonchev–Trinajstić information content (AvgIpc) is 2.61. The first kappa shape index (κ1) is 21.1. The fraction of sp³-hybridized carbons (Fsp3) is 0.438. The Bertz CT molecular complexity index is 819. The van der Waals surface area contributed by atoms with Gasteiger partial charge in [-0.2, -0.15) is 4.31 Å². The number of carbonyl (C=O) groups excluding carboxylic acids is 3. The molecule has 0 aliphatic carbocycles. The highest BCUT2D eigenvalue weighted by molar-refractivity contribution is 7.89. The summed E-state index contributed by atoms with van der Waals surface area (Å²) >= 11 is 5.78. The van der Waals surface area contributed by atoms with Gasteiger partial charge in [-0.1, -0.05) is 11.6 Å². The number of primary amides is 1. The molecule has 1 aliphatic heterocycles. The predicted octanol–water partition coefficient (Wildman–Crippen LogP) is 0.867. The molecule has 0 unspecified atom stereocenters. The van der Waals surface area contributed by atoms with Gasteiger partial charge in [-0.3, -0.25) is 14.9 Å². The van der Waals surface area contributed by atoms with Gasteiger partial charge >= 0.3 is 12.0 Å². The normalized spacial score (nSPS) is 17.1. The molecule has 27 heavy (non-hydrogen) atoms. The maximum Gasteiger partial charge on any atom is 0.318 e. The minimum absolute atomic E-state index is 0.129. The van der Waals surface area contributed by atoms with Crippen LogP contribution in [0.3, 0.4) is 0 Å². The van der Waals surface area contributed by atoms with Crippen LogP contribution in [0.5, 0.6) is 0 Å². The lowest BCUT2D eigenvalue weighted by Gasteiger charge is -2.30. The monoisotopic (exact) mass is 417 g/mol. The maximum atomic E-state index is 12.6. The van der Waals surface area contributed by atoms with Crippen LogP contribution < -0.4 is 11.1 Å². The Morgan fingerprint density at radius 3 is 2.30 bits per heavy atom. The fourth-order valence-electron chi connectivity index (χ4n) is 2.63. The number of carbonyl (C=O) groups is 3. The third-order valence-electron chi connectivity index (χ3n) is 4.15. The third kappa shape index (κ3) is 5.41. The molecule has 1 aromatic rings. The maximum absolute atomic E-state index is 12.6. The molecule has 2 rings (SSSR count). The molecule has 3 N–H and O–H groups in total. The molecular weight excluding hydrogens is 398 g/mol. The summed E-state index contributed by atoms with van der Waals surface area (Å²) in [6, 6.07) is 4.81. The number of nitrogens with two attached hydrogens (primary N) is 1. The van der Waals surface area contributed by atoms with Gasteiger partial charge in [0, 0.05) is 18.1 Å². The van der Waals surface area contributed by atoms with Crippen LogP contribution in [0.2, 0.25) is 5.02 Å². The zero-order valence-corrected chi connectivity index (χ0v) is 16.1. The summed E-state index contributed by atoms with van der Waals surface area (Å²) in [4.78, 5) is 34.5. The molecule has 0 bridgehead atoms. The van der Waals surface area contributed by atoms with E-state index in [9.17, 15) is 22.8 Å². The SMILES string of the molecule is C[C@H](OC(=O)C1CCN(S(=O)(=O)c2ccc(Cl)cc2)CC1)C(=O)NC(N)=O. The molecule has 1 fully saturated rings. The second-order valence-corrected chi connectivity index (χ2v) is 8.44. The summed E-state index contributed by atoms with van der Waals surface area (Å²) in [6.07, 6.45) is -0.660. The highest BCUT2D eigenvalue weighted by Gasteiger charge is 2.34. The summed E-state index contributed by atoms with van der Waals surface area (Å²) < 4.78 is 31.6. The summed E-state index contributed by atoms with van der Waals surface area (Å²) in [7, 11) is -3.67. The molecule has 0 spiro atoms. The second kappa shape index (κ2) is 8.68. The summed E-state index contributed by atoms with van der Waals surface area (Å²) in [5, 5.41) is 2.26. The van der Waals surface area contributed by atoms with Crippen molar-refractivity contribution in [1.29, 1.82) is 0 Å². The molecule has 1 heterocycles. The van der Waals surface area contributed by atoms with E-state index in [0.717, 1.165) is 0 Å². The van der Waals surface area contributed by atoms with E-state index in [0.29, 0.717) is 5.02 Å². The highest BCUT2D eigenvalue weighted by atomic mass is 35.5. The number of hydrogen-bond donors (Lipinski definition) is 2. The van der Waals surface area contributed by atoms with Crippen molar-refractivity contribution in [3.63, 3.8) is 0 Å². The number of nitrogens with zero attached hydrogens (tertiary/aromatic N) is 1. The standard InChI is InChI=1S/C16H20ClN3O6S/c1-10(14(21)19-16(18)23)26-15(22)11-6-8-20(9-7-11)27(24,25)13-4-2-12(17)3-5-13/h2-5,10-11H,6-9H2,1H3,(H3,18,19,21,23)/t10-/m0/s1. The van der Waals surface area contributed by atoms with Gasteiger partial charge in [0.2, 0.25) is 10.0 Å². The first-order chi connectivity index (χ1) is 12.6. The third-order valence-corrected chi connectivity index (χ3v) is 6.31. The van der Waals surface area contributed by atoms with E-state index >= 15 is 0 Å². The molecule has 9 nitrogen and oxygen atoms in total. The highest BCUT2D eigenvalue weighted by Crippen LogP contribution is 2.25. The van der Waals surface area contributed by atoms with Crippen molar-refractivity contribution in [2.75, 3.05) is 13.1 Å². The summed E-state index contributed by atoms with van der Waals surface area (Å²) in [5.41, 5.74) is 4.84. The number of piperidine rings is 1. The van der Waals surface area contributed by atoms with Crippen LogP contribution >= 0.6 is 11.6 Å². The van der Waals surface area contributed by atoms with Gasteiger partial charge < -0.3 is 10.5 Å². The first-order valence-electron chi connectivity index (χ1n) is 8.17. The van der Waals surface area contributed by atoms with Crippen molar-refractivity contribution in [1.82, 2.24) is 9.62 Å². The van der Waals surface area contributed by atoms with Crippen LogP contribution in [0, 0.1) is 5.92 Å². The first-order valence-corrected chi connectivity index (χ1v) is 9.99. The Hall–Kier alpha value is -2.17. The quantitative estimate of drug-likeness (QED) is 0.682. The van der Waals surface area contributed by atoms with Gasteiger partial charge in [0.15, 0.2) is 6.10 Å². The lowest BCUT2D eigenvalue weighted by Crippen LogP contribution is -2.44. The summed E-state index contributed by atoms with van der Waals surface area (Å²) in [6.45, 7) is 1.61. The van der Waals surface area contributed by atoms with Crippen LogP contribution in [-0.4, -0.2) is 49.8 Å². The Labute approximate surface area is 161 Å². The molecule has 1 atom stereocenters. The molecule has 1 aliphatic rings.